The van der Waals surface area contributed by atoms with Crippen LogP contribution in [0.5, 0.6) is 0 Å². The van der Waals surface area contributed by atoms with Crippen LogP contribution in [0.2, 0.25) is 0 Å². The van der Waals surface area contributed by atoms with E-state index in [1.807, 2.05) is 19.9 Å². The minimum Gasteiger partial charge on any atom is -0.361 e. The van der Waals surface area contributed by atoms with Crippen LogP contribution in [-0.4, -0.2) is 51.9 Å². The average molecular weight is 422 g/mol. The predicted octanol–water partition coefficient (Wildman–Crippen LogP) is 3.30. The molecule has 1 aromatic heterocycles. The number of amides is 2. The summed E-state index contributed by atoms with van der Waals surface area (Å²) in [5.41, 5.74) is 2.98. The molecule has 1 aromatic carbocycles. The van der Waals surface area contributed by atoms with Gasteiger partial charge in [-0.25, -0.2) is 0 Å². The molecular weight excluding hydrogens is 390 g/mol. The smallest absolute Gasteiger partial charge is 0.227 e. The number of hydrogen-bond donors (Lipinski definition) is 0. The number of likely N-dealkylation sites (tertiary alicyclic amines) is 1. The van der Waals surface area contributed by atoms with E-state index in [9.17, 15) is 9.59 Å². The van der Waals surface area contributed by atoms with Gasteiger partial charge < -0.3 is 14.3 Å². The lowest BCUT2D eigenvalue weighted by Gasteiger charge is -2.56. The highest BCUT2D eigenvalue weighted by atomic mass is 16.5. The zero-order valence-electron chi connectivity index (χ0n) is 18.4. The minimum atomic E-state index is 0.151. The maximum atomic E-state index is 13.3. The lowest BCUT2D eigenvalue weighted by atomic mass is 9.70. The van der Waals surface area contributed by atoms with Crippen molar-refractivity contribution in [3.05, 3.63) is 52.9 Å². The van der Waals surface area contributed by atoms with Crippen LogP contribution in [0.25, 0.3) is 0 Å². The molecule has 6 heteroatoms. The standard InChI is InChI=1S/C25H31N3O3/c1-16-21(17(2)31-26-16)13-25(30)27-14-19-12-20(15-27)23(11-18-7-4-3-5-8-18)28-22(19)9-6-10-24(28)29/h3-5,7-8,19-20,22-23H,6,9-15H2,1-2H3/t19-,20+,22+,23+/m1/s1. The number of piperidine rings is 3. The van der Waals surface area contributed by atoms with Crippen LogP contribution in [-0.2, 0) is 22.4 Å². The van der Waals surface area contributed by atoms with Gasteiger partial charge in [0.25, 0.3) is 0 Å². The molecule has 0 aliphatic carbocycles. The fraction of sp³-hybridized carbons (Fsp3) is 0.560. The quantitative estimate of drug-likeness (QED) is 0.760. The van der Waals surface area contributed by atoms with Crippen molar-refractivity contribution in [2.45, 2.75) is 64.5 Å². The number of aromatic nitrogens is 1. The van der Waals surface area contributed by atoms with Gasteiger partial charge in [-0.15, -0.1) is 0 Å². The SMILES string of the molecule is Cc1noc(C)c1CC(=O)N1C[C@H]2C[C@@H](C1)[C@H](Cc1ccccc1)N1C(=O)CCC[C@@H]21. The Morgan fingerprint density at radius 1 is 1.16 bits per heavy atom. The first-order valence-corrected chi connectivity index (χ1v) is 11.6. The third-order valence-electron chi connectivity index (χ3n) is 7.65. The van der Waals surface area contributed by atoms with Crippen molar-refractivity contribution in [1.82, 2.24) is 15.0 Å². The van der Waals surface area contributed by atoms with Gasteiger partial charge in [-0.05, 0) is 56.9 Å². The molecule has 2 bridgehead atoms. The summed E-state index contributed by atoms with van der Waals surface area (Å²) in [5, 5.41) is 4.00. The van der Waals surface area contributed by atoms with E-state index in [4.69, 9.17) is 4.52 Å². The maximum absolute atomic E-state index is 13.3. The summed E-state index contributed by atoms with van der Waals surface area (Å²) in [6.45, 7) is 5.25. The molecule has 2 aromatic rings. The summed E-state index contributed by atoms with van der Waals surface area (Å²) in [6.07, 6.45) is 5.01. The van der Waals surface area contributed by atoms with E-state index in [-0.39, 0.29) is 18.0 Å². The third kappa shape index (κ3) is 3.77. The Bertz CT molecular complexity index is 950. The highest BCUT2D eigenvalue weighted by Crippen LogP contribution is 2.42. The van der Waals surface area contributed by atoms with E-state index < -0.39 is 0 Å². The van der Waals surface area contributed by atoms with Crippen LogP contribution in [0.4, 0.5) is 0 Å². The second kappa shape index (κ2) is 8.13. The highest BCUT2D eigenvalue weighted by Gasteiger charge is 2.49. The molecule has 3 aliphatic rings. The molecule has 4 atom stereocenters. The lowest BCUT2D eigenvalue weighted by molar-refractivity contribution is -0.155. The van der Waals surface area contributed by atoms with E-state index in [0.29, 0.717) is 30.6 Å². The van der Waals surface area contributed by atoms with Crippen LogP contribution in [0, 0.1) is 25.7 Å². The second-order valence-electron chi connectivity index (χ2n) is 9.55. The Morgan fingerprint density at radius 2 is 1.94 bits per heavy atom. The molecule has 3 saturated heterocycles. The summed E-state index contributed by atoms with van der Waals surface area (Å²) in [7, 11) is 0. The molecule has 4 heterocycles. The van der Waals surface area contributed by atoms with Crippen molar-refractivity contribution in [2.75, 3.05) is 13.1 Å². The van der Waals surface area contributed by atoms with E-state index in [1.165, 1.54) is 5.56 Å². The molecule has 0 unspecified atom stereocenters. The van der Waals surface area contributed by atoms with E-state index in [1.54, 1.807) is 0 Å². The molecule has 0 spiro atoms. The highest BCUT2D eigenvalue weighted by molar-refractivity contribution is 5.80. The van der Waals surface area contributed by atoms with Crippen LogP contribution in [0.3, 0.4) is 0 Å². The largest absolute Gasteiger partial charge is 0.361 e. The fourth-order valence-electron chi connectivity index (χ4n) is 6.11. The zero-order valence-corrected chi connectivity index (χ0v) is 18.4. The first-order valence-electron chi connectivity index (χ1n) is 11.6. The molecule has 0 radical (unpaired) electrons. The van der Waals surface area contributed by atoms with Gasteiger partial charge in [0.05, 0.1) is 12.1 Å². The van der Waals surface area contributed by atoms with Crippen LogP contribution in [0.15, 0.2) is 34.9 Å². The number of benzene rings is 1. The van der Waals surface area contributed by atoms with E-state index >= 15 is 0 Å². The Labute approximate surface area is 183 Å². The van der Waals surface area contributed by atoms with Gasteiger partial charge in [0.2, 0.25) is 11.8 Å². The number of carbonyl (C=O) groups is 2. The average Bonchev–Trinajstić information content (AvgIpc) is 3.09. The summed E-state index contributed by atoms with van der Waals surface area (Å²) in [5.74, 6) is 1.89. The van der Waals surface area contributed by atoms with Crippen LogP contribution in [0.1, 0.15) is 48.3 Å². The van der Waals surface area contributed by atoms with Gasteiger partial charge in [0.15, 0.2) is 0 Å². The third-order valence-corrected chi connectivity index (χ3v) is 7.65. The minimum absolute atomic E-state index is 0.151. The van der Waals surface area contributed by atoms with Gasteiger partial charge in [-0.1, -0.05) is 35.5 Å². The van der Waals surface area contributed by atoms with Crippen molar-refractivity contribution in [3.8, 4) is 0 Å². The molecule has 31 heavy (non-hydrogen) atoms. The molecule has 3 aliphatic heterocycles. The number of nitrogens with zero attached hydrogens (tertiary/aromatic N) is 3. The van der Waals surface area contributed by atoms with Crippen molar-refractivity contribution < 1.29 is 14.1 Å². The van der Waals surface area contributed by atoms with Crippen molar-refractivity contribution in [3.63, 3.8) is 0 Å². The Hall–Kier alpha value is -2.63. The van der Waals surface area contributed by atoms with Crippen LogP contribution < -0.4 is 0 Å². The molecule has 6 nitrogen and oxygen atoms in total. The Kier molecular flexibility index (Phi) is 5.32. The topological polar surface area (TPSA) is 66.7 Å². The van der Waals surface area contributed by atoms with Crippen LogP contribution >= 0.6 is 0 Å². The van der Waals surface area contributed by atoms with Gasteiger partial charge in [0.1, 0.15) is 5.76 Å². The number of rotatable bonds is 4. The van der Waals surface area contributed by atoms with Gasteiger partial charge >= 0.3 is 0 Å². The number of fused-ring (bicyclic) bond motifs is 4. The number of aryl methyl sites for hydroxylation is 2. The maximum Gasteiger partial charge on any atom is 0.227 e. The molecule has 0 N–H and O–H groups in total. The molecule has 5 rings (SSSR count). The molecule has 164 valence electrons. The van der Waals surface area contributed by atoms with E-state index in [2.05, 4.69) is 39.2 Å². The fourth-order valence-corrected chi connectivity index (χ4v) is 6.11. The number of carbonyl (C=O) groups excluding carboxylic acids is 2. The Balaban J connectivity index is 1.39. The van der Waals surface area contributed by atoms with Crippen molar-refractivity contribution in [2.24, 2.45) is 11.8 Å². The predicted molar refractivity (Wildman–Crippen MR) is 116 cm³/mol. The van der Waals surface area contributed by atoms with Gasteiger partial charge in [-0.2, -0.15) is 0 Å². The second-order valence-corrected chi connectivity index (χ2v) is 9.55. The first kappa shape index (κ1) is 20.3. The summed E-state index contributed by atoms with van der Waals surface area (Å²) < 4.78 is 5.26. The molecule has 3 fully saturated rings. The van der Waals surface area contributed by atoms with Crippen molar-refractivity contribution in [1.29, 1.82) is 0 Å². The lowest BCUT2D eigenvalue weighted by Crippen LogP contribution is -2.66. The monoisotopic (exact) mass is 421 g/mol. The number of hydrogen-bond acceptors (Lipinski definition) is 4. The molecular formula is C25H31N3O3. The summed E-state index contributed by atoms with van der Waals surface area (Å²) in [4.78, 5) is 30.5. The van der Waals surface area contributed by atoms with Gasteiger partial charge in [-0.3, -0.25) is 9.59 Å². The summed E-state index contributed by atoms with van der Waals surface area (Å²) in [6, 6.07) is 10.9. The summed E-state index contributed by atoms with van der Waals surface area (Å²) >= 11 is 0. The van der Waals surface area contributed by atoms with Crippen molar-refractivity contribution >= 4 is 11.8 Å². The molecule has 0 saturated carbocycles. The normalized spacial score (nSPS) is 27.9. The molecule has 2 amide bonds. The first-order chi connectivity index (χ1) is 15.0. The Morgan fingerprint density at radius 3 is 2.68 bits per heavy atom. The van der Waals surface area contributed by atoms with E-state index in [0.717, 1.165) is 55.8 Å². The zero-order chi connectivity index (χ0) is 21.5. The van der Waals surface area contributed by atoms with Gasteiger partial charge in [0, 0.05) is 37.2 Å².